The predicted molar refractivity (Wildman–Crippen MR) is 61.2 cm³/mol. The molecule has 0 amide bonds. The van der Waals surface area contributed by atoms with Gasteiger partial charge in [0.05, 0.1) is 12.7 Å². The first-order chi connectivity index (χ1) is 6.75. The smallest absolute Gasteiger partial charge is 0.0796 e. The second kappa shape index (κ2) is 4.45. The fourth-order valence-electron chi connectivity index (χ4n) is 1.39. The fraction of sp³-hybridized carbons (Fsp3) is 0.500. The summed E-state index contributed by atoms with van der Waals surface area (Å²) in [4.78, 5) is 0. The van der Waals surface area contributed by atoms with E-state index in [0.29, 0.717) is 0 Å². The Bertz CT molecular complexity index is 290. The molecule has 0 N–H and O–H groups in total. The van der Waals surface area contributed by atoms with Gasteiger partial charge in [0, 0.05) is 4.47 Å². The van der Waals surface area contributed by atoms with Crippen LogP contribution < -0.4 is 0 Å². The van der Waals surface area contributed by atoms with Crippen molar-refractivity contribution in [2.24, 2.45) is 5.92 Å². The molecule has 1 atom stereocenters. The summed E-state index contributed by atoms with van der Waals surface area (Å²) in [6.45, 7) is 3.04. The molecule has 14 heavy (non-hydrogen) atoms. The number of rotatable bonds is 4. The molecule has 2 rings (SSSR count). The molecule has 1 unspecified atom stereocenters. The number of hydrogen-bond donors (Lipinski definition) is 0. The normalized spacial score (nSPS) is 18.1. The summed E-state index contributed by atoms with van der Waals surface area (Å²) in [7, 11) is 0. The molecule has 1 saturated carbocycles. The van der Waals surface area contributed by atoms with Crippen molar-refractivity contribution in [3.05, 3.63) is 34.3 Å². The highest BCUT2D eigenvalue weighted by molar-refractivity contribution is 9.10. The monoisotopic (exact) mass is 254 g/mol. The summed E-state index contributed by atoms with van der Waals surface area (Å²) in [5, 5.41) is 0. The Morgan fingerprint density at radius 2 is 2.00 bits per heavy atom. The third-order valence-electron chi connectivity index (χ3n) is 2.62. The van der Waals surface area contributed by atoms with E-state index >= 15 is 0 Å². The van der Waals surface area contributed by atoms with Crippen molar-refractivity contribution < 1.29 is 4.74 Å². The molecule has 0 spiro atoms. The maximum atomic E-state index is 5.78. The van der Waals surface area contributed by atoms with E-state index in [2.05, 4.69) is 47.1 Å². The van der Waals surface area contributed by atoms with E-state index in [9.17, 15) is 0 Å². The SMILES string of the molecule is CC(OCC1CC1)c1ccc(Br)cc1. The van der Waals surface area contributed by atoms with Gasteiger partial charge in [-0.25, -0.2) is 0 Å². The first-order valence-corrected chi connectivity index (χ1v) is 5.92. The molecule has 1 nitrogen and oxygen atoms in total. The fourth-order valence-corrected chi connectivity index (χ4v) is 1.66. The van der Waals surface area contributed by atoms with Crippen LogP contribution >= 0.6 is 15.9 Å². The predicted octanol–water partition coefficient (Wildman–Crippen LogP) is 3.94. The molecular weight excluding hydrogens is 240 g/mol. The lowest BCUT2D eigenvalue weighted by atomic mass is 10.1. The van der Waals surface area contributed by atoms with Gasteiger partial charge >= 0.3 is 0 Å². The van der Waals surface area contributed by atoms with Crippen LogP contribution in [-0.4, -0.2) is 6.61 Å². The lowest BCUT2D eigenvalue weighted by Gasteiger charge is -2.12. The molecule has 1 fully saturated rings. The van der Waals surface area contributed by atoms with Crippen molar-refractivity contribution in [2.75, 3.05) is 6.61 Å². The van der Waals surface area contributed by atoms with E-state index in [1.807, 2.05) is 0 Å². The molecule has 76 valence electrons. The van der Waals surface area contributed by atoms with Gasteiger partial charge in [-0.2, -0.15) is 0 Å². The molecule has 0 bridgehead atoms. The summed E-state index contributed by atoms with van der Waals surface area (Å²) in [5.41, 5.74) is 1.26. The van der Waals surface area contributed by atoms with Gasteiger partial charge in [-0.05, 0) is 43.4 Å². The van der Waals surface area contributed by atoms with Crippen LogP contribution in [0.15, 0.2) is 28.7 Å². The molecular formula is C12H15BrO. The highest BCUT2D eigenvalue weighted by atomic mass is 79.9. The van der Waals surface area contributed by atoms with E-state index in [1.165, 1.54) is 18.4 Å². The lowest BCUT2D eigenvalue weighted by Crippen LogP contribution is -2.02. The van der Waals surface area contributed by atoms with Gasteiger partial charge in [0.25, 0.3) is 0 Å². The molecule has 0 heterocycles. The van der Waals surface area contributed by atoms with Crippen LogP contribution in [-0.2, 0) is 4.74 Å². The Balaban J connectivity index is 1.88. The zero-order valence-electron chi connectivity index (χ0n) is 8.37. The van der Waals surface area contributed by atoms with E-state index < -0.39 is 0 Å². The first kappa shape index (κ1) is 10.2. The summed E-state index contributed by atoms with van der Waals surface area (Å²) >= 11 is 3.43. The number of hydrogen-bond acceptors (Lipinski definition) is 1. The minimum atomic E-state index is 0.226. The van der Waals surface area contributed by atoms with Crippen LogP contribution in [0.5, 0.6) is 0 Å². The van der Waals surface area contributed by atoms with Crippen LogP contribution in [0.3, 0.4) is 0 Å². The Morgan fingerprint density at radius 3 is 2.57 bits per heavy atom. The highest BCUT2D eigenvalue weighted by Crippen LogP contribution is 2.31. The third-order valence-corrected chi connectivity index (χ3v) is 3.15. The van der Waals surface area contributed by atoms with Gasteiger partial charge in [-0.3, -0.25) is 0 Å². The summed E-state index contributed by atoms with van der Waals surface area (Å²) in [5.74, 6) is 0.841. The van der Waals surface area contributed by atoms with E-state index in [0.717, 1.165) is 17.0 Å². The number of ether oxygens (including phenoxy) is 1. The van der Waals surface area contributed by atoms with Crippen molar-refractivity contribution in [1.82, 2.24) is 0 Å². The number of benzene rings is 1. The van der Waals surface area contributed by atoms with Crippen LogP contribution in [0.25, 0.3) is 0 Å². The average molecular weight is 255 g/mol. The van der Waals surface area contributed by atoms with Crippen molar-refractivity contribution in [2.45, 2.75) is 25.9 Å². The molecule has 1 aliphatic rings. The van der Waals surface area contributed by atoms with Crippen LogP contribution in [0.2, 0.25) is 0 Å². The Kier molecular flexibility index (Phi) is 3.24. The topological polar surface area (TPSA) is 9.23 Å². The largest absolute Gasteiger partial charge is 0.374 e. The first-order valence-electron chi connectivity index (χ1n) is 5.13. The molecule has 0 saturated heterocycles. The maximum absolute atomic E-state index is 5.78. The van der Waals surface area contributed by atoms with E-state index in [4.69, 9.17) is 4.74 Å². The second-order valence-corrected chi connectivity index (χ2v) is 4.89. The van der Waals surface area contributed by atoms with Gasteiger partial charge in [-0.1, -0.05) is 28.1 Å². The lowest BCUT2D eigenvalue weighted by molar-refractivity contribution is 0.0579. The molecule has 1 aromatic carbocycles. The zero-order chi connectivity index (χ0) is 9.97. The van der Waals surface area contributed by atoms with Crippen LogP contribution in [0, 0.1) is 5.92 Å². The Morgan fingerprint density at radius 1 is 1.36 bits per heavy atom. The minimum absolute atomic E-state index is 0.226. The van der Waals surface area contributed by atoms with Crippen molar-refractivity contribution >= 4 is 15.9 Å². The van der Waals surface area contributed by atoms with Crippen molar-refractivity contribution in [1.29, 1.82) is 0 Å². The molecule has 1 aromatic rings. The van der Waals surface area contributed by atoms with Crippen LogP contribution in [0.1, 0.15) is 31.4 Å². The van der Waals surface area contributed by atoms with Gasteiger partial charge in [0.15, 0.2) is 0 Å². The molecule has 0 aliphatic heterocycles. The standard InChI is InChI=1S/C12H15BrO/c1-9(14-8-10-2-3-10)11-4-6-12(13)7-5-11/h4-7,9-10H,2-3,8H2,1H3. The van der Waals surface area contributed by atoms with Crippen molar-refractivity contribution in [3.8, 4) is 0 Å². The molecule has 1 aliphatic carbocycles. The van der Waals surface area contributed by atoms with Gasteiger partial charge < -0.3 is 4.74 Å². The maximum Gasteiger partial charge on any atom is 0.0796 e. The highest BCUT2D eigenvalue weighted by Gasteiger charge is 2.22. The second-order valence-electron chi connectivity index (χ2n) is 3.97. The average Bonchev–Trinajstić information content (AvgIpc) is 2.99. The molecule has 0 aromatic heterocycles. The Labute approximate surface area is 93.6 Å². The summed E-state index contributed by atoms with van der Waals surface area (Å²) < 4.78 is 6.90. The van der Waals surface area contributed by atoms with E-state index in [-0.39, 0.29) is 6.10 Å². The molecule has 0 radical (unpaired) electrons. The summed E-state index contributed by atoms with van der Waals surface area (Å²) in [6, 6.07) is 8.35. The van der Waals surface area contributed by atoms with Gasteiger partial charge in [-0.15, -0.1) is 0 Å². The van der Waals surface area contributed by atoms with Gasteiger partial charge in [0.1, 0.15) is 0 Å². The summed E-state index contributed by atoms with van der Waals surface area (Å²) in [6.07, 6.45) is 2.93. The minimum Gasteiger partial charge on any atom is -0.374 e. The van der Waals surface area contributed by atoms with Crippen molar-refractivity contribution in [3.63, 3.8) is 0 Å². The third kappa shape index (κ3) is 2.82. The molecule has 2 heteroatoms. The zero-order valence-corrected chi connectivity index (χ0v) is 9.96. The number of halogens is 1. The van der Waals surface area contributed by atoms with Crippen LogP contribution in [0.4, 0.5) is 0 Å². The Hall–Kier alpha value is -0.340. The quantitative estimate of drug-likeness (QED) is 0.791. The van der Waals surface area contributed by atoms with Gasteiger partial charge in [0.2, 0.25) is 0 Å². The van der Waals surface area contributed by atoms with E-state index in [1.54, 1.807) is 0 Å².